The Hall–Kier alpha value is -5.09. The number of benzene rings is 1. The van der Waals surface area contributed by atoms with E-state index in [1.165, 1.54) is 15.8 Å². The van der Waals surface area contributed by atoms with Crippen LogP contribution in [-0.2, 0) is 27.3 Å². The molecule has 4 amide bonds. The lowest BCUT2D eigenvalue weighted by Crippen LogP contribution is -2.52. The zero-order chi connectivity index (χ0) is 30.9. The molecule has 1 fully saturated rings. The predicted octanol–water partition coefficient (Wildman–Crippen LogP) is 1.17. The Balaban J connectivity index is 0.000000472. The third-order valence-corrected chi connectivity index (χ3v) is 7.32. The van der Waals surface area contributed by atoms with Crippen LogP contribution in [-0.4, -0.2) is 82.9 Å². The molecule has 6 rings (SSSR count). The first kappa shape index (κ1) is 29.4. The Bertz CT molecular complexity index is 1600. The number of fused-ring (bicyclic) bond motifs is 2. The van der Waals surface area contributed by atoms with E-state index in [-0.39, 0.29) is 35.9 Å². The highest BCUT2D eigenvalue weighted by molar-refractivity contribution is 6.05. The molecule has 2 unspecified atom stereocenters. The largest absolute Gasteiger partial charge is 0.490 e. The molecular formula is C26H25F3N8O6. The van der Waals surface area contributed by atoms with E-state index in [0.717, 1.165) is 30.7 Å². The van der Waals surface area contributed by atoms with Gasteiger partial charge in [-0.3, -0.25) is 24.5 Å². The zero-order valence-electron chi connectivity index (χ0n) is 22.4. The summed E-state index contributed by atoms with van der Waals surface area (Å²) in [7, 11) is 0. The molecule has 3 aliphatic heterocycles. The summed E-state index contributed by atoms with van der Waals surface area (Å²) in [6.45, 7) is 0.768. The van der Waals surface area contributed by atoms with Gasteiger partial charge >= 0.3 is 12.1 Å². The maximum atomic E-state index is 13.1. The van der Waals surface area contributed by atoms with Crippen molar-refractivity contribution in [3.63, 3.8) is 0 Å². The number of hydrogen-bond acceptors (Lipinski definition) is 8. The Morgan fingerprint density at radius 2 is 1.91 bits per heavy atom. The van der Waals surface area contributed by atoms with E-state index in [2.05, 4.69) is 30.5 Å². The molecule has 5 heterocycles. The van der Waals surface area contributed by atoms with Gasteiger partial charge in [-0.2, -0.15) is 13.2 Å². The molecule has 2 atom stereocenters. The van der Waals surface area contributed by atoms with Crippen LogP contribution in [0.1, 0.15) is 64.0 Å². The highest BCUT2D eigenvalue weighted by atomic mass is 19.4. The van der Waals surface area contributed by atoms with Crippen LogP contribution >= 0.6 is 0 Å². The average Bonchev–Trinajstić information content (AvgIpc) is 3.71. The number of amides is 4. The lowest BCUT2D eigenvalue weighted by Gasteiger charge is -2.29. The Kier molecular flexibility index (Phi) is 7.97. The molecule has 17 heteroatoms. The zero-order valence-corrected chi connectivity index (χ0v) is 22.4. The summed E-state index contributed by atoms with van der Waals surface area (Å²) in [5.41, 5.74) is 2.01. The van der Waals surface area contributed by atoms with Gasteiger partial charge in [-0.15, -0.1) is 5.10 Å². The smallest absolute Gasteiger partial charge is 0.475 e. The number of imide groups is 1. The molecule has 43 heavy (non-hydrogen) atoms. The fraction of sp³-hybridized carbons (Fsp3) is 0.385. The third-order valence-electron chi connectivity index (χ3n) is 7.32. The number of nitrogens with zero attached hydrogens (tertiary/aromatic N) is 6. The molecule has 3 aromatic rings. The van der Waals surface area contributed by atoms with Crippen LogP contribution < -0.4 is 10.6 Å². The Labute approximate surface area is 240 Å². The van der Waals surface area contributed by atoms with E-state index in [0.29, 0.717) is 30.8 Å². The number of hydrogen-bond donors (Lipinski definition) is 3. The molecule has 0 aliphatic carbocycles. The molecule has 2 aromatic heterocycles. The number of carbonyl (C=O) groups is 5. The Morgan fingerprint density at radius 3 is 2.63 bits per heavy atom. The minimum Gasteiger partial charge on any atom is -0.475 e. The van der Waals surface area contributed by atoms with Crippen molar-refractivity contribution in [2.24, 2.45) is 0 Å². The van der Waals surface area contributed by atoms with Crippen molar-refractivity contribution in [1.82, 2.24) is 40.1 Å². The van der Waals surface area contributed by atoms with Crippen LogP contribution in [0.25, 0.3) is 5.69 Å². The van der Waals surface area contributed by atoms with E-state index in [4.69, 9.17) is 9.90 Å². The quantitative estimate of drug-likeness (QED) is 0.361. The molecule has 3 N–H and O–H groups in total. The first-order chi connectivity index (χ1) is 20.4. The van der Waals surface area contributed by atoms with E-state index < -0.39 is 24.1 Å². The number of carbonyl (C=O) groups excluding carboxylic acids is 4. The van der Waals surface area contributed by atoms with Gasteiger partial charge in [0.2, 0.25) is 11.8 Å². The third kappa shape index (κ3) is 6.24. The van der Waals surface area contributed by atoms with Gasteiger partial charge in [0.05, 0.1) is 17.9 Å². The van der Waals surface area contributed by atoms with E-state index in [9.17, 15) is 32.3 Å². The van der Waals surface area contributed by atoms with Gasteiger partial charge in [0.1, 0.15) is 11.9 Å². The summed E-state index contributed by atoms with van der Waals surface area (Å²) >= 11 is 0. The maximum Gasteiger partial charge on any atom is 0.490 e. The lowest BCUT2D eigenvalue weighted by atomic mass is 10.0. The summed E-state index contributed by atoms with van der Waals surface area (Å²) in [5, 5.41) is 20.4. The van der Waals surface area contributed by atoms with Crippen LogP contribution in [0.4, 0.5) is 13.2 Å². The van der Waals surface area contributed by atoms with E-state index in [1.54, 1.807) is 18.3 Å². The SMILES string of the molecule is O=C(O)C(F)(F)F.O=C1CCC(N2Cc3ccc(-n4cc(C(=O)NCC5CCCc6nccn65)nn4)cc3C2=O)C(=O)N1. The number of rotatable bonds is 5. The first-order valence-electron chi connectivity index (χ1n) is 13.2. The number of carboxylic acids is 1. The normalized spacial score (nSPS) is 19.6. The summed E-state index contributed by atoms with van der Waals surface area (Å²) in [5.74, 6) is -3.09. The van der Waals surface area contributed by atoms with Crippen molar-refractivity contribution in [3.05, 3.63) is 59.4 Å². The van der Waals surface area contributed by atoms with Crippen LogP contribution in [0.15, 0.2) is 36.8 Å². The second-order valence-electron chi connectivity index (χ2n) is 10.1. The van der Waals surface area contributed by atoms with Crippen LogP contribution in [0.2, 0.25) is 0 Å². The second-order valence-corrected chi connectivity index (χ2v) is 10.1. The number of aliphatic carboxylic acids is 1. The molecule has 1 saturated heterocycles. The van der Waals surface area contributed by atoms with Gasteiger partial charge in [0.15, 0.2) is 5.69 Å². The number of imidazole rings is 1. The van der Waals surface area contributed by atoms with Crippen molar-refractivity contribution in [2.75, 3.05) is 6.54 Å². The minimum atomic E-state index is -5.08. The fourth-order valence-electron chi connectivity index (χ4n) is 5.19. The van der Waals surface area contributed by atoms with Crippen molar-refractivity contribution < 1.29 is 42.3 Å². The molecule has 0 spiro atoms. The molecule has 0 bridgehead atoms. The van der Waals surface area contributed by atoms with Crippen LogP contribution in [0.3, 0.4) is 0 Å². The van der Waals surface area contributed by atoms with Crippen molar-refractivity contribution >= 4 is 29.6 Å². The molecule has 3 aliphatic rings. The lowest BCUT2D eigenvalue weighted by molar-refractivity contribution is -0.192. The summed E-state index contributed by atoms with van der Waals surface area (Å²) < 4.78 is 35.3. The summed E-state index contributed by atoms with van der Waals surface area (Å²) in [4.78, 5) is 64.3. The number of halogens is 3. The summed E-state index contributed by atoms with van der Waals surface area (Å²) in [6.07, 6.45) is 3.63. The maximum absolute atomic E-state index is 13.1. The van der Waals surface area contributed by atoms with E-state index >= 15 is 0 Å². The number of piperidine rings is 1. The Morgan fingerprint density at radius 1 is 1.14 bits per heavy atom. The molecule has 14 nitrogen and oxygen atoms in total. The number of alkyl halides is 3. The van der Waals surface area contributed by atoms with Gasteiger partial charge in [-0.05, 0) is 37.0 Å². The topological polar surface area (TPSA) is 181 Å². The average molecular weight is 603 g/mol. The minimum absolute atomic E-state index is 0.158. The molecule has 0 radical (unpaired) electrons. The first-order valence-corrected chi connectivity index (χ1v) is 13.2. The van der Waals surface area contributed by atoms with Gasteiger partial charge in [-0.1, -0.05) is 11.3 Å². The number of aryl methyl sites for hydroxylation is 1. The summed E-state index contributed by atoms with van der Waals surface area (Å²) in [6, 6.07) is 4.77. The van der Waals surface area contributed by atoms with E-state index in [1.807, 2.05) is 12.3 Å². The number of nitrogens with one attached hydrogen (secondary N) is 2. The molecule has 0 saturated carbocycles. The molecule has 1 aromatic carbocycles. The molecular weight excluding hydrogens is 577 g/mol. The van der Waals surface area contributed by atoms with Gasteiger partial charge in [-0.25, -0.2) is 14.5 Å². The highest BCUT2D eigenvalue weighted by Crippen LogP contribution is 2.29. The fourth-order valence-corrected chi connectivity index (χ4v) is 5.19. The molecule has 226 valence electrons. The van der Waals surface area contributed by atoms with Gasteiger partial charge in [0.25, 0.3) is 11.8 Å². The highest BCUT2D eigenvalue weighted by Gasteiger charge is 2.39. The van der Waals surface area contributed by atoms with Crippen LogP contribution in [0, 0.1) is 0 Å². The van der Waals surface area contributed by atoms with Gasteiger partial charge in [0, 0.05) is 43.9 Å². The van der Waals surface area contributed by atoms with Crippen molar-refractivity contribution in [2.45, 2.75) is 56.9 Å². The number of carboxylic acid groups (broad SMARTS) is 1. The van der Waals surface area contributed by atoms with Gasteiger partial charge < -0.3 is 19.9 Å². The second kappa shape index (κ2) is 11.7. The number of aromatic nitrogens is 5. The predicted molar refractivity (Wildman–Crippen MR) is 138 cm³/mol. The standard InChI is InChI=1S/C24H24N8O4.C2HF3O2/c33-21-7-6-19(23(35)27-21)31-12-14-4-5-15(10-17(14)24(31)36)32-13-18(28-29-32)22(34)26-11-16-2-1-3-20-25-8-9-30(16)20;3-2(4,5)1(6)7/h4-5,8-10,13,16,19H,1-3,6-7,11-12H2,(H,26,34)(H,27,33,35);(H,6,7). The van der Waals surface area contributed by atoms with Crippen molar-refractivity contribution in [1.29, 1.82) is 0 Å². The van der Waals surface area contributed by atoms with Crippen LogP contribution in [0.5, 0.6) is 0 Å². The monoisotopic (exact) mass is 602 g/mol. The van der Waals surface area contributed by atoms with Crippen molar-refractivity contribution in [3.8, 4) is 5.69 Å².